The number of hydrogen-bond acceptors (Lipinski definition) is 6. The minimum absolute atomic E-state index is 0.0452. The van der Waals surface area contributed by atoms with Crippen LogP contribution in [0.4, 0.5) is 21.5 Å². The standard InChI is InChI=1S/C19H20FN3O6/c1-5-15(25)22-16-9(2)10(3)17(23(27)28)18(26)19(16)29-12-6-7-14(13(20)8-12)21-11(4)24/h6-8,26H,5H2,1-4H3,(H,21,24)(H,22,25). The number of amides is 2. The van der Waals surface area contributed by atoms with Crippen LogP contribution in [-0.4, -0.2) is 21.8 Å². The van der Waals surface area contributed by atoms with Crippen molar-refractivity contribution < 1.29 is 28.7 Å². The first-order chi connectivity index (χ1) is 13.6. The number of nitrogens with one attached hydrogen (secondary N) is 2. The van der Waals surface area contributed by atoms with E-state index in [4.69, 9.17) is 4.74 Å². The summed E-state index contributed by atoms with van der Waals surface area (Å²) >= 11 is 0. The minimum atomic E-state index is -0.810. The fraction of sp³-hybridized carbons (Fsp3) is 0.263. The molecule has 154 valence electrons. The van der Waals surface area contributed by atoms with Gasteiger partial charge < -0.3 is 20.5 Å². The molecule has 2 aromatic rings. The summed E-state index contributed by atoms with van der Waals surface area (Å²) < 4.78 is 19.7. The van der Waals surface area contributed by atoms with Gasteiger partial charge in [-0.3, -0.25) is 19.7 Å². The molecule has 0 fully saturated rings. The van der Waals surface area contributed by atoms with Crippen LogP contribution in [0.15, 0.2) is 18.2 Å². The quantitative estimate of drug-likeness (QED) is 0.489. The van der Waals surface area contributed by atoms with Gasteiger partial charge in [0.05, 0.1) is 16.3 Å². The number of nitro benzene ring substituents is 1. The van der Waals surface area contributed by atoms with Crippen molar-refractivity contribution in [1.82, 2.24) is 0 Å². The molecular formula is C19H20FN3O6. The molecule has 0 aliphatic rings. The average Bonchev–Trinajstić information content (AvgIpc) is 2.64. The Labute approximate surface area is 165 Å². The number of carbonyl (C=O) groups is 2. The second-order valence-electron chi connectivity index (χ2n) is 6.24. The number of rotatable bonds is 6. The SMILES string of the molecule is CCC(=O)Nc1c(C)c(C)c([N+](=O)[O-])c(O)c1Oc1ccc(NC(C)=O)c(F)c1. The molecule has 10 heteroatoms. The third-order valence-electron chi connectivity index (χ3n) is 4.20. The molecule has 0 saturated heterocycles. The monoisotopic (exact) mass is 405 g/mol. The average molecular weight is 405 g/mol. The van der Waals surface area contributed by atoms with Crippen LogP contribution in [0.2, 0.25) is 0 Å². The van der Waals surface area contributed by atoms with E-state index in [1.165, 1.54) is 32.9 Å². The lowest BCUT2D eigenvalue weighted by atomic mass is 10.0. The molecule has 0 heterocycles. The number of hydrogen-bond donors (Lipinski definition) is 3. The van der Waals surface area contributed by atoms with Crippen LogP contribution in [0.1, 0.15) is 31.4 Å². The maximum absolute atomic E-state index is 14.2. The summed E-state index contributed by atoms with van der Waals surface area (Å²) in [6, 6.07) is 3.49. The van der Waals surface area contributed by atoms with Crippen molar-refractivity contribution in [3.8, 4) is 17.2 Å². The van der Waals surface area contributed by atoms with Crippen molar-refractivity contribution >= 4 is 28.9 Å². The lowest BCUT2D eigenvalue weighted by Gasteiger charge is -2.18. The van der Waals surface area contributed by atoms with Gasteiger partial charge in [0.25, 0.3) is 0 Å². The highest BCUT2D eigenvalue weighted by Gasteiger charge is 2.29. The molecule has 0 atom stereocenters. The Morgan fingerprint density at radius 2 is 1.90 bits per heavy atom. The maximum atomic E-state index is 14.2. The molecule has 0 unspecified atom stereocenters. The number of ether oxygens (including phenoxy) is 1. The van der Waals surface area contributed by atoms with Crippen molar-refractivity contribution in [1.29, 1.82) is 0 Å². The van der Waals surface area contributed by atoms with Crippen molar-refractivity contribution in [3.05, 3.63) is 45.3 Å². The predicted octanol–water partition coefficient (Wildman–Crippen LogP) is 4.16. The second kappa shape index (κ2) is 8.55. The van der Waals surface area contributed by atoms with Crippen molar-refractivity contribution in [2.24, 2.45) is 0 Å². The zero-order valence-electron chi connectivity index (χ0n) is 16.3. The molecule has 0 spiro atoms. The summed E-state index contributed by atoms with van der Waals surface area (Å²) in [4.78, 5) is 33.6. The lowest BCUT2D eigenvalue weighted by Crippen LogP contribution is -2.13. The number of phenolic OH excluding ortho intramolecular Hbond substituents is 1. The molecule has 29 heavy (non-hydrogen) atoms. The summed E-state index contributed by atoms with van der Waals surface area (Å²) in [5.74, 6) is -2.96. The van der Waals surface area contributed by atoms with E-state index in [0.29, 0.717) is 5.56 Å². The molecule has 2 rings (SSSR count). The van der Waals surface area contributed by atoms with Crippen LogP contribution in [0.3, 0.4) is 0 Å². The van der Waals surface area contributed by atoms with Gasteiger partial charge in [-0.15, -0.1) is 0 Å². The van der Waals surface area contributed by atoms with Gasteiger partial charge in [0.1, 0.15) is 11.6 Å². The molecule has 0 aliphatic carbocycles. The van der Waals surface area contributed by atoms with Crippen LogP contribution in [0.25, 0.3) is 0 Å². The van der Waals surface area contributed by atoms with Crippen LogP contribution in [0, 0.1) is 29.8 Å². The predicted molar refractivity (Wildman–Crippen MR) is 104 cm³/mol. The number of nitrogens with zero attached hydrogens (tertiary/aromatic N) is 1. The van der Waals surface area contributed by atoms with Gasteiger partial charge in [0.15, 0.2) is 5.75 Å². The van der Waals surface area contributed by atoms with Gasteiger partial charge in [-0.1, -0.05) is 6.92 Å². The summed E-state index contributed by atoms with van der Waals surface area (Å²) in [5.41, 5.74) is -0.147. The van der Waals surface area contributed by atoms with Crippen LogP contribution in [-0.2, 0) is 9.59 Å². The summed E-state index contributed by atoms with van der Waals surface area (Å²) in [7, 11) is 0. The number of halogens is 1. The highest BCUT2D eigenvalue weighted by molar-refractivity contribution is 5.95. The molecule has 0 radical (unpaired) electrons. The molecule has 2 aromatic carbocycles. The Balaban J connectivity index is 2.60. The maximum Gasteiger partial charge on any atom is 0.317 e. The first kappa shape index (κ1) is 21.6. The first-order valence-electron chi connectivity index (χ1n) is 8.62. The van der Waals surface area contributed by atoms with E-state index in [0.717, 1.165) is 6.07 Å². The van der Waals surface area contributed by atoms with Crippen molar-refractivity contribution in [2.75, 3.05) is 10.6 Å². The number of anilines is 2. The Hall–Kier alpha value is -3.69. The van der Waals surface area contributed by atoms with E-state index in [-0.39, 0.29) is 34.9 Å². The largest absolute Gasteiger partial charge is 0.499 e. The summed E-state index contributed by atoms with van der Waals surface area (Å²) in [6.07, 6.45) is 0.121. The highest BCUT2D eigenvalue weighted by Crippen LogP contribution is 2.48. The van der Waals surface area contributed by atoms with Gasteiger partial charge in [0.2, 0.25) is 17.6 Å². The molecule has 2 amide bonds. The van der Waals surface area contributed by atoms with Gasteiger partial charge in [-0.25, -0.2) is 4.39 Å². The number of aromatic hydroxyl groups is 1. The van der Waals surface area contributed by atoms with Crippen molar-refractivity contribution in [2.45, 2.75) is 34.1 Å². The number of nitro groups is 1. The van der Waals surface area contributed by atoms with E-state index in [1.807, 2.05) is 0 Å². The fourth-order valence-corrected chi connectivity index (χ4v) is 2.61. The third kappa shape index (κ3) is 4.60. The zero-order valence-corrected chi connectivity index (χ0v) is 16.3. The number of phenols is 1. The Morgan fingerprint density at radius 1 is 1.24 bits per heavy atom. The number of carbonyl (C=O) groups excluding carboxylic acids is 2. The molecule has 0 bridgehead atoms. The summed E-state index contributed by atoms with van der Waals surface area (Å²) in [5, 5.41) is 26.7. The topological polar surface area (TPSA) is 131 Å². The normalized spacial score (nSPS) is 10.4. The third-order valence-corrected chi connectivity index (χ3v) is 4.20. The van der Waals surface area contributed by atoms with Gasteiger partial charge in [0, 0.05) is 25.0 Å². The van der Waals surface area contributed by atoms with E-state index in [1.54, 1.807) is 6.92 Å². The molecule has 3 N–H and O–H groups in total. The summed E-state index contributed by atoms with van der Waals surface area (Å²) in [6.45, 7) is 5.79. The molecule has 0 saturated carbocycles. The van der Waals surface area contributed by atoms with E-state index >= 15 is 0 Å². The lowest BCUT2D eigenvalue weighted by molar-refractivity contribution is -0.386. The first-order valence-corrected chi connectivity index (χ1v) is 8.62. The van der Waals surface area contributed by atoms with Crippen LogP contribution < -0.4 is 15.4 Å². The zero-order chi connectivity index (χ0) is 21.9. The molecular weight excluding hydrogens is 385 g/mol. The van der Waals surface area contributed by atoms with E-state index < -0.39 is 34.0 Å². The minimum Gasteiger partial charge on any atom is -0.499 e. The Morgan fingerprint density at radius 3 is 2.41 bits per heavy atom. The van der Waals surface area contributed by atoms with Crippen molar-refractivity contribution in [3.63, 3.8) is 0 Å². The Bertz CT molecular complexity index is 1010. The van der Waals surface area contributed by atoms with Crippen LogP contribution >= 0.6 is 0 Å². The van der Waals surface area contributed by atoms with Gasteiger partial charge >= 0.3 is 5.69 Å². The fourth-order valence-electron chi connectivity index (χ4n) is 2.61. The van der Waals surface area contributed by atoms with E-state index in [9.17, 15) is 29.2 Å². The molecule has 9 nitrogen and oxygen atoms in total. The number of benzene rings is 2. The van der Waals surface area contributed by atoms with Gasteiger partial charge in [-0.2, -0.15) is 0 Å². The second-order valence-corrected chi connectivity index (χ2v) is 6.24. The van der Waals surface area contributed by atoms with Gasteiger partial charge in [-0.05, 0) is 31.5 Å². The Kier molecular flexibility index (Phi) is 6.37. The molecule has 0 aliphatic heterocycles. The molecule has 0 aromatic heterocycles. The highest BCUT2D eigenvalue weighted by atomic mass is 19.1. The smallest absolute Gasteiger partial charge is 0.317 e. The van der Waals surface area contributed by atoms with Crippen LogP contribution in [0.5, 0.6) is 17.2 Å². The van der Waals surface area contributed by atoms with E-state index in [2.05, 4.69) is 10.6 Å².